The Hall–Kier alpha value is -2.08. The van der Waals surface area contributed by atoms with Gasteiger partial charge in [0, 0.05) is 11.8 Å². The van der Waals surface area contributed by atoms with Gasteiger partial charge in [-0.05, 0) is 30.7 Å². The molecule has 1 unspecified atom stereocenters. The van der Waals surface area contributed by atoms with E-state index in [9.17, 15) is 18.3 Å². The molecule has 0 aliphatic carbocycles. The highest BCUT2D eigenvalue weighted by Crippen LogP contribution is 2.32. The minimum absolute atomic E-state index is 0.0166. The van der Waals surface area contributed by atoms with Crippen LogP contribution in [0.5, 0.6) is 5.75 Å². The monoisotopic (exact) mass is 283 g/mol. The molecule has 0 fully saturated rings. The van der Waals surface area contributed by atoms with Gasteiger partial charge in [0.05, 0.1) is 5.69 Å². The van der Waals surface area contributed by atoms with Gasteiger partial charge in [-0.1, -0.05) is 18.2 Å². The van der Waals surface area contributed by atoms with E-state index in [1.165, 1.54) is 24.4 Å². The van der Waals surface area contributed by atoms with Gasteiger partial charge in [-0.15, -0.1) is 13.2 Å². The van der Waals surface area contributed by atoms with Crippen LogP contribution in [-0.4, -0.2) is 16.5 Å². The molecule has 0 aliphatic heterocycles. The molecule has 2 aromatic rings. The Labute approximate surface area is 113 Å². The molecule has 0 aliphatic rings. The molecule has 0 spiro atoms. The van der Waals surface area contributed by atoms with Crippen LogP contribution < -0.4 is 4.74 Å². The third-order valence-corrected chi connectivity index (χ3v) is 2.66. The van der Waals surface area contributed by atoms with E-state index >= 15 is 0 Å². The molecule has 3 nitrogen and oxygen atoms in total. The fourth-order valence-electron chi connectivity index (χ4n) is 1.79. The zero-order valence-electron chi connectivity index (χ0n) is 10.6. The number of ether oxygens (including phenoxy) is 1. The Morgan fingerprint density at radius 3 is 2.55 bits per heavy atom. The predicted molar refractivity (Wildman–Crippen MR) is 66.2 cm³/mol. The van der Waals surface area contributed by atoms with Crippen LogP contribution in [0.2, 0.25) is 0 Å². The quantitative estimate of drug-likeness (QED) is 0.939. The number of pyridine rings is 1. The first-order valence-corrected chi connectivity index (χ1v) is 5.82. The van der Waals surface area contributed by atoms with E-state index < -0.39 is 18.2 Å². The van der Waals surface area contributed by atoms with Gasteiger partial charge in [0.2, 0.25) is 0 Å². The number of alkyl halides is 3. The lowest BCUT2D eigenvalue weighted by atomic mass is 10.0. The van der Waals surface area contributed by atoms with Gasteiger partial charge in [-0.2, -0.15) is 0 Å². The topological polar surface area (TPSA) is 42.4 Å². The zero-order chi connectivity index (χ0) is 14.8. The molecule has 0 radical (unpaired) electrons. The smallest absolute Gasteiger partial charge is 0.405 e. The molecule has 6 heteroatoms. The van der Waals surface area contributed by atoms with Crippen molar-refractivity contribution in [1.29, 1.82) is 0 Å². The summed E-state index contributed by atoms with van der Waals surface area (Å²) in [6, 6.07) is 8.79. The van der Waals surface area contributed by atoms with E-state index in [0.29, 0.717) is 0 Å². The Morgan fingerprint density at radius 2 is 1.90 bits per heavy atom. The number of para-hydroxylation sites is 1. The van der Waals surface area contributed by atoms with Gasteiger partial charge in [0.15, 0.2) is 0 Å². The van der Waals surface area contributed by atoms with Crippen LogP contribution in [0.3, 0.4) is 0 Å². The molecule has 0 saturated carbocycles. The van der Waals surface area contributed by atoms with Crippen LogP contribution in [0.1, 0.15) is 22.9 Å². The number of hydrogen-bond donors (Lipinski definition) is 1. The van der Waals surface area contributed by atoms with Crippen molar-refractivity contribution in [3.63, 3.8) is 0 Å². The lowest BCUT2D eigenvalue weighted by molar-refractivity contribution is -0.275. The maximum atomic E-state index is 12.3. The number of aromatic nitrogens is 1. The van der Waals surface area contributed by atoms with E-state index in [0.717, 1.165) is 11.6 Å². The summed E-state index contributed by atoms with van der Waals surface area (Å²) in [5.41, 5.74) is 1.13. The molecule has 1 atom stereocenters. The largest absolute Gasteiger partial charge is 0.573 e. The second-order valence-electron chi connectivity index (χ2n) is 4.25. The number of hydrogen-bond acceptors (Lipinski definition) is 3. The molecule has 0 saturated heterocycles. The molecule has 2 rings (SSSR count). The molecule has 0 bridgehead atoms. The number of aryl methyl sites for hydroxylation is 1. The van der Waals surface area contributed by atoms with E-state index in [1.807, 2.05) is 0 Å². The standard InChI is InChI=1S/C14H12F3NO2/c1-9-6-7-18-11(8-9)13(19)10-4-2-3-5-12(10)20-14(15,16)17/h2-8,13,19H,1H3. The molecule has 1 aromatic carbocycles. The second-order valence-corrected chi connectivity index (χ2v) is 4.25. The fraction of sp³-hybridized carbons (Fsp3) is 0.214. The number of nitrogens with zero attached hydrogens (tertiary/aromatic N) is 1. The first-order valence-electron chi connectivity index (χ1n) is 5.82. The van der Waals surface area contributed by atoms with Crippen molar-refractivity contribution in [2.24, 2.45) is 0 Å². The molecule has 1 N–H and O–H groups in total. The normalized spacial score (nSPS) is 13.1. The maximum absolute atomic E-state index is 12.3. The third kappa shape index (κ3) is 3.48. The average molecular weight is 283 g/mol. The van der Waals surface area contributed by atoms with Crippen LogP contribution in [-0.2, 0) is 0 Å². The summed E-state index contributed by atoms with van der Waals surface area (Å²) >= 11 is 0. The van der Waals surface area contributed by atoms with Crippen LogP contribution in [0, 0.1) is 6.92 Å². The van der Waals surface area contributed by atoms with Crippen molar-refractivity contribution in [3.05, 3.63) is 59.4 Å². The summed E-state index contributed by atoms with van der Waals surface area (Å²) < 4.78 is 40.9. The average Bonchev–Trinajstić information content (AvgIpc) is 2.37. The van der Waals surface area contributed by atoms with E-state index in [-0.39, 0.29) is 11.3 Å². The maximum Gasteiger partial charge on any atom is 0.573 e. The molecule has 1 aromatic heterocycles. The van der Waals surface area contributed by atoms with Crippen LogP contribution >= 0.6 is 0 Å². The van der Waals surface area contributed by atoms with E-state index in [2.05, 4.69) is 9.72 Å². The molecular formula is C14H12F3NO2. The first kappa shape index (κ1) is 14.3. The summed E-state index contributed by atoms with van der Waals surface area (Å²) in [5.74, 6) is -0.434. The Kier molecular flexibility index (Phi) is 3.94. The third-order valence-electron chi connectivity index (χ3n) is 2.66. The Morgan fingerprint density at radius 1 is 1.20 bits per heavy atom. The molecular weight excluding hydrogens is 271 g/mol. The number of rotatable bonds is 3. The molecule has 106 valence electrons. The minimum atomic E-state index is -4.81. The predicted octanol–water partition coefficient (Wildman–Crippen LogP) is 3.37. The van der Waals surface area contributed by atoms with Gasteiger partial charge in [-0.25, -0.2) is 0 Å². The van der Waals surface area contributed by atoms with Gasteiger partial charge < -0.3 is 9.84 Å². The molecule has 0 amide bonds. The minimum Gasteiger partial charge on any atom is -0.405 e. The lowest BCUT2D eigenvalue weighted by Gasteiger charge is -2.17. The number of benzene rings is 1. The van der Waals surface area contributed by atoms with Crippen LogP contribution in [0.15, 0.2) is 42.6 Å². The van der Waals surface area contributed by atoms with Gasteiger partial charge in [0.25, 0.3) is 0 Å². The highest BCUT2D eigenvalue weighted by molar-refractivity contribution is 5.39. The zero-order valence-corrected chi connectivity index (χ0v) is 10.6. The summed E-state index contributed by atoms with van der Waals surface area (Å²) in [6.07, 6.45) is -4.61. The van der Waals surface area contributed by atoms with Crippen molar-refractivity contribution in [1.82, 2.24) is 4.98 Å². The van der Waals surface area contributed by atoms with Crippen molar-refractivity contribution in [2.45, 2.75) is 19.4 Å². The summed E-state index contributed by atoms with van der Waals surface area (Å²) in [4.78, 5) is 3.97. The SMILES string of the molecule is Cc1ccnc(C(O)c2ccccc2OC(F)(F)F)c1. The second kappa shape index (κ2) is 5.50. The van der Waals surface area contributed by atoms with Gasteiger partial charge in [0.1, 0.15) is 11.9 Å². The Balaban J connectivity index is 2.37. The highest BCUT2D eigenvalue weighted by atomic mass is 19.4. The van der Waals surface area contributed by atoms with Gasteiger partial charge >= 0.3 is 6.36 Å². The van der Waals surface area contributed by atoms with Crippen molar-refractivity contribution in [2.75, 3.05) is 0 Å². The van der Waals surface area contributed by atoms with Crippen LogP contribution in [0.4, 0.5) is 13.2 Å². The number of halogens is 3. The van der Waals surface area contributed by atoms with Crippen molar-refractivity contribution in [3.8, 4) is 5.75 Å². The van der Waals surface area contributed by atoms with Crippen LogP contribution in [0.25, 0.3) is 0 Å². The molecule has 20 heavy (non-hydrogen) atoms. The van der Waals surface area contributed by atoms with E-state index in [4.69, 9.17) is 0 Å². The summed E-state index contributed by atoms with van der Waals surface area (Å²) in [5, 5.41) is 10.2. The van der Waals surface area contributed by atoms with E-state index in [1.54, 1.807) is 19.1 Å². The fourth-order valence-corrected chi connectivity index (χ4v) is 1.79. The van der Waals surface area contributed by atoms with Crippen molar-refractivity contribution >= 4 is 0 Å². The van der Waals surface area contributed by atoms with Crippen molar-refractivity contribution < 1.29 is 23.0 Å². The highest BCUT2D eigenvalue weighted by Gasteiger charge is 2.33. The lowest BCUT2D eigenvalue weighted by Crippen LogP contribution is -2.19. The number of aliphatic hydroxyl groups is 1. The first-order chi connectivity index (χ1) is 9.37. The van der Waals surface area contributed by atoms with Gasteiger partial charge in [-0.3, -0.25) is 4.98 Å². The summed E-state index contributed by atoms with van der Waals surface area (Å²) in [7, 11) is 0. The Bertz CT molecular complexity index is 599. The summed E-state index contributed by atoms with van der Waals surface area (Å²) in [6.45, 7) is 1.80. The number of aliphatic hydroxyl groups excluding tert-OH is 1. The molecule has 1 heterocycles.